The van der Waals surface area contributed by atoms with Crippen LogP contribution in [0.1, 0.15) is 206 Å². The van der Waals surface area contributed by atoms with E-state index in [0.29, 0.717) is 12.8 Å². The maximum absolute atomic E-state index is 13.1. The molecule has 1 unspecified atom stereocenters. The van der Waals surface area contributed by atoms with Crippen molar-refractivity contribution in [2.24, 2.45) is 0 Å². The summed E-state index contributed by atoms with van der Waals surface area (Å²) in [6.45, 7) is 2.84. The second kappa shape index (κ2) is 35.6. The highest BCUT2D eigenvalue weighted by Crippen LogP contribution is 2.43. The fourth-order valence-electron chi connectivity index (χ4n) is 6.12. The molecule has 2 atom stereocenters. The van der Waals surface area contributed by atoms with Crippen molar-refractivity contribution in [1.29, 1.82) is 0 Å². The average molecular weight is 720 g/mol. The van der Waals surface area contributed by atoms with Crippen LogP contribution < -0.4 is 0 Å². The van der Waals surface area contributed by atoms with E-state index in [1.165, 1.54) is 133 Å². The summed E-state index contributed by atoms with van der Waals surface area (Å²) in [5, 5.41) is 18.2. The van der Waals surface area contributed by atoms with Crippen LogP contribution in [0.4, 0.5) is 0 Å². The second-order valence-corrected chi connectivity index (χ2v) is 15.5. The third-order valence-electron chi connectivity index (χ3n) is 9.30. The zero-order chi connectivity index (χ0) is 36.3. The topological polar surface area (TPSA) is 134 Å². The smallest absolute Gasteiger partial charge is 0.394 e. The second-order valence-electron chi connectivity index (χ2n) is 14.1. The Morgan fingerprint density at radius 1 is 0.551 bits per heavy atom. The van der Waals surface area contributed by atoms with Crippen molar-refractivity contribution in [3.8, 4) is 0 Å². The highest BCUT2D eigenvalue weighted by Gasteiger charge is 2.25. The SMILES string of the molecule is CCCCCCCCCCCCCCCCC(=O)N(CCOP(=O)(O)OC[C@H](O)CO)C(=O)CCCCCCCCCCCCCCCC. The number of hydrogen-bond acceptors (Lipinski definition) is 7. The van der Waals surface area contributed by atoms with Gasteiger partial charge in [0.15, 0.2) is 0 Å². The van der Waals surface area contributed by atoms with E-state index < -0.39 is 27.1 Å². The number of aliphatic hydroxyl groups is 2. The maximum Gasteiger partial charge on any atom is 0.472 e. The summed E-state index contributed by atoms with van der Waals surface area (Å²) < 4.78 is 21.8. The van der Waals surface area contributed by atoms with E-state index in [1.54, 1.807) is 0 Å². The van der Waals surface area contributed by atoms with Crippen LogP contribution >= 0.6 is 7.82 Å². The molecule has 0 fully saturated rings. The van der Waals surface area contributed by atoms with Gasteiger partial charge < -0.3 is 15.1 Å². The van der Waals surface area contributed by atoms with E-state index in [2.05, 4.69) is 18.4 Å². The number of nitrogens with zero attached hydrogens (tertiary/aromatic N) is 1. The van der Waals surface area contributed by atoms with Gasteiger partial charge in [-0.3, -0.25) is 23.5 Å². The Kier molecular flexibility index (Phi) is 35.0. The monoisotopic (exact) mass is 720 g/mol. The highest BCUT2D eigenvalue weighted by atomic mass is 31.2. The van der Waals surface area contributed by atoms with Gasteiger partial charge in [-0.05, 0) is 12.8 Å². The molecule has 0 aliphatic rings. The first kappa shape index (κ1) is 48.2. The molecular formula is C39H78NO8P. The van der Waals surface area contributed by atoms with Crippen LogP contribution in [-0.2, 0) is 23.2 Å². The summed E-state index contributed by atoms with van der Waals surface area (Å²) in [5.41, 5.74) is 0. The van der Waals surface area contributed by atoms with Gasteiger partial charge in [-0.15, -0.1) is 0 Å². The Labute approximate surface area is 301 Å². The van der Waals surface area contributed by atoms with Crippen LogP contribution in [0.2, 0.25) is 0 Å². The maximum atomic E-state index is 13.1. The molecule has 9 nitrogen and oxygen atoms in total. The van der Waals surface area contributed by atoms with Gasteiger partial charge in [-0.25, -0.2) is 4.57 Å². The normalized spacial score (nSPS) is 13.4. The molecule has 0 saturated heterocycles. The Balaban J connectivity index is 4.37. The van der Waals surface area contributed by atoms with Gasteiger partial charge in [0.2, 0.25) is 11.8 Å². The minimum atomic E-state index is -4.50. The number of imide groups is 1. The molecule has 49 heavy (non-hydrogen) atoms. The Bertz CT molecular complexity index is 755. The minimum Gasteiger partial charge on any atom is -0.394 e. The molecular weight excluding hydrogens is 641 g/mol. The molecule has 3 N–H and O–H groups in total. The lowest BCUT2D eigenvalue weighted by Crippen LogP contribution is -2.39. The van der Waals surface area contributed by atoms with Gasteiger partial charge in [-0.2, -0.15) is 0 Å². The zero-order valence-electron chi connectivity index (χ0n) is 31.9. The molecule has 0 aromatic heterocycles. The molecule has 0 saturated carbocycles. The molecule has 0 aromatic rings. The molecule has 0 bridgehead atoms. The van der Waals surface area contributed by atoms with Crippen LogP contribution in [0.3, 0.4) is 0 Å². The molecule has 0 aromatic carbocycles. The number of phosphoric ester groups is 1. The molecule has 0 spiro atoms. The average Bonchev–Trinajstić information content (AvgIpc) is 3.09. The first-order valence-electron chi connectivity index (χ1n) is 20.5. The first-order chi connectivity index (χ1) is 23.8. The van der Waals surface area contributed by atoms with Gasteiger partial charge in [0.05, 0.1) is 26.4 Å². The summed E-state index contributed by atoms with van der Waals surface area (Å²) >= 11 is 0. The van der Waals surface area contributed by atoms with Gasteiger partial charge in [0.1, 0.15) is 6.10 Å². The van der Waals surface area contributed by atoms with Crippen molar-refractivity contribution in [3.63, 3.8) is 0 Å². The predicted octanol–water partition coefficient (Wildman–Crippen LogP) is 10.6. The third kappa shape index (κ3) is 32.8. The van der Waals surface area contributed by atoms with Crippen molar-refractivity contribution < 1.29 is 38.3 Å². The molecule has 0 radical (unpaired) electrons. The summed E-state index contributed by atoms with van der Waals surface area (Å²) in [5.74, 6) is -0.551. The molecule has 0 rings (SSSR count). The Hall–Kier alpha value is -0.830. The summed E-state index contributed by atoms with van der Waals surface area (Å²) in [7, 11) is -4.50. The molecule has 10 heteroatoms. The Morgan fingerprint density at radius 3 is 1.16 bits per heavy atom. The van der Waals surface area contributed by atoms with Crippen LogP contribution in [0.5, 0.6) is 0 Å². The number of unbranched alkanes of at least 4 members (excludes halogenated alkanes) is 26. The molecule has 2 amide bonds. The number of amides is 2. The van der Waals surface area contributed by atoms with Crippen molar-refractivity contribution >= 4 is 19.6 Å². The lowest BCUT2D eigenvalue weighted by Gasteiger charge is -2.22. The van der Waals surface area contributed by atoms with Crippen LogP contribution in [-0.4, -0.2) is 64.3 Å². The van der Waals surface area contributed by atoms with Gasteiger partial charge in [0.25, 0.3) is 0 Å². The van der Waals surface area contributed by atoms with E-state index in [9.17, 15) is 24.2 Å². The van der Waals surface area contributed by atoms with Crippen LogP contribution in [0.25, 0.3) is 0 Å². The number of rotatable bonds is 38. The van der Waals surface area contributed by atoms with Crippen molar-refractivity contribution in [2.75, 3.05) is 26.4 Å². The first-order valence-corrected chi connectivity index (χ1v) is 22.0. The van der Waals surface area contributed by atoms with Crippen molar-refractivity contribution in [2.45, 2.75) is 213 Å². The van der Waals surface area contributed by atoms with E-state index >= 15 is 0 Å². The van der Waals surface area contributed by atoms with E-state index in [1.807, 2.05) is 0 Å². The molecule has 292 valence electrons. The third-order valence-corrected chi connectivity index (χ3v) is 10.3. The fraction of sp³-hybridized carbons (Fsp3) is 0.949. The molecule has 0 aliphatic heterocycles. The van der Waals surface area contributed by atoms with Crippen molar-refractivity contribution in [1.82, 2.24) is 4.90 Å². The van der Waals surface area contributed by atoms with Gasteiger partial charge in [0, 0.05) is 12.8 Å². The van der Waals surface area contributed by atoms with Gasteiger partial charge >= 0.3 is 7.82 Å². The zero-order valence-corrected chi connectivity index (χ0v) is 32.8. The quantitative estimate of drug-likeness (QED) is 0.0424. The van der Waals surface area contributed by atoms with E-state index in [-0.39, 0.29) is 37.8 Å². The minimum absolute atomic E-state index is 0.134. The summed E-state index contributed by atoms with van der Waals surface area (Å²) in [6.07, 6.45) is 33.5. The van der Waals surface area contributed by atoms with E-state index in [0.717, 1.165) is 38.5 Å². The number of carbonyl (C=O) groups excluding carboxylic acids is 2. The number of aliphatic hydroxyl groups excluding tert-OH is 2. The predicted molar refractivity (Wildman–Crippen MR) is 201 cm³/mol. The van der Waals surface area contributed by atoms with Crippen LogP contribution in [0, 0.1) is 0 Å². The lowest BCUT2D eigenvalue weighted by molar-refractivity contribution is -0.145. The van der Waals surface area contributed by atoms with Crippen molar-refractivity contribution in [3.05, 3.63) is 0 Å². The Morgan fingerprint density at radius 2 is 0.857 bits per heavy atom. The lowest BCUT2D eigenvalue weighted by atomic mass is 10.0. The van der Waals surface area contributed by atoms with E-state index in [4.69, 9.17) is 9.63 Å². The molecule has 0 aliphatic carbocycles. The standard InChI is InChI=1S/C39H78NO8P/c1-3-5-7-9-11-13-15-17-19-21-23-25-27-29-31-38(43)40(33-34-47-49(45,46)48-36-37(42)35-41)39(44)32-30-28-26-24-22-20-18-16-14-12-10-8-6-4-2/h37,41-42H,3-36H2,1-2H3,(H,45,46)/t37-/m1/s1. The summed E-state index contributed by atoms with van der Waals surface area (Å²) in [6, 6.07) is 0. The summed E-state index contributed by atoms with van der Waals surface area (Å²) in [4.78, 5) is 37.2. The number of carbonyl (C=O) groups is 2. The molecule has 0 heterocycles. The largest absolute Gasteiger partial charge is 0.472 e. The number of phosphoric acid groups is 1. The van der Waals surface area contributed by atoms with Crippen LogP contribution in [0.15, 0.2) is 0 Å². The highest BCUT2D eigenvalue weighted by molar-refractivity contribution is 7.47. The fourth-order valence-corrected chi connectivity index (χ4v) is 6.86. The van der Waals surface area contributed by atoms with Gasteiger partial charge in [-0.1, -0.05) is 181 Å². The number of hydrogen-bond donors (Lipinski definition) is 3.